The number of aromatic nitrogens is 1. The summed E-state index contributed by atoms with van der Waals surface area (Å²) >= 11 is 0. The number of carbonyl (C=O) groups is 1. The number of methoxy groups -OCH3 is 1. The quantitative estimate of drug-likeness (QED) is 0.557. The summed E-state index contributed by atoms with van der Waals surface area (Å²) in [5, 5.41) is 0. The molecular weight excluding hydrogens is 399 g/mol. The first-order chi connectivity index (χ1) is 15.2. The van der Waals surface area contributed by atoms with E-state index in [1.165, 1.54) is 12.1 Å². The highest BCUT2D eigenvalue weighted by Crippen LogP contribution is 2.32. The number of piperidine rings is 1. The van der Waals surface area contributed by atoms with Crippen molar-refractivity contribution in [1.82, 2.24) is 9.88 Å². The van der Waals surface area contributed by atoms with Gasteiger partial charge in [-0.2, -0.15) is 0 Å². The number of hydrogen-bond acceptors (Lipinski definition) is 5. The molecular formula is C24H25FN2O4. The number of para-hydroxylation sites is 2. The molecule has 2 aromatic carbocycles. The number of oxazole rings is 1. The Morgan fingerprint density at radius 3 is 2.74 bits per heavy atom. The van der Waals surface area contributed by atoms with Gasteiger partial charge in [-0.25, -0.2) is 9.37 Å². The van der Waals surface area contributed by atoms with Crippen LogP contribution in [0.25, 0.3) is 0 Å². The second kappa shape index (κ2) is 9.64. The van der Waals surface area contributed by atoms with Crippen LogP contribution in [0.15, 0.2) is 59.1 Å². The third-order valence-corrected chi connectivity index (χ3v) is 5.42. The Kier molecular flexibility index (Phi) is 6.50. The minimum Gasteiger partial charge on any atom is -0.496 e. The van der Waals surface area contributed by atoms with Gasteiger partial charge in [0.25, 0.3) is 5.91 Å². The van der Waals surface area contributed by atoms with Crippen molar-refractivity contribution in [2.45, 2.75) is 31.7 Å². The molecule has 1 saturated heterocycles. The summed E-state index contributed by atoms with van der Waals surface area (Å²) in [5.41, 5.74) is 1.00. The second-order valence-electron chi connectivity index (χ2n) is 7.47. The van der Waals surface area contributed by atoms with Crippen LogP contribution in [0.3, 0.4) is 0 Å². The number of ether oxygens (including phenoxy) is 2. The molecule has 0 spiro atoms. The molecule has 7 heteroatoms. The van der Waals surface area contributed by atoms with Gasteiger partial charge in [-0.1, -0.05) is 30.3 Å². The van der Waals surface area contributed by atoms with E-state index in [4.69, 9.17) is 13.9 Å². The molecule has 1 unspecified atom stereocenters. The Balaban J connectivity index is 1.45. The molecule has 1 atom stereocenters. The van der Waals surface area contributed by atoms with Gasteiger partial charge >= 0.3 is 0 Å². The molecule has 4 rings (SSSR count). The maximum atomic E-state index is 13.8. The summed E-state index contributed by atoms with van der Waals surface area (Å²) in [4.78, 5) is 19.0. The molecule has 3 aromatic rings. The maximum absolute atomic E-state index is 13.8. The molecule has 0 bridgehead atoms. The van der Waals surface area contributed by atoms with E-state index in [9.17, 15) is 9.18 Å². The van der Waals surface area contributed by atoms with Crippen molar-refractivity contribution < 1.29 is 23.1 Å². The smallest absolute Gasteiger partial charge is 0.261 e. The summed E-state index contributed by atoms with van der Waals surface area (Å²) in [6, 6.07) is 13.6. The third-order valence-electron chi connectivity index (χ3n) is 5.42. The molecule has 31 heavy (non-hydrogen) atoms. The monoisotopic (exact) mass is 424 g/mol. The predicted molar refractivity (Wildman–Crippen MR) is 113 cm³/mol. The fourth-order valence-corrected chi connectivity index (χ4v) is 3.87. The SMILES string of the molecule is COc1ccccc1Cc1cnc(C2CCCCN2C(=O)COc2ccccc2F)o1. The standard InChI is InChI=1S/C24H25FN2O4/c1-29-21-11-4-2-8-17(21)14-18-15-26-24(31-18)20-10-6-7-13-27(20)23(28)16-30-22-12-5-3-9-19(22)25/h2-5,8-9,11-12,15,20H,6-7,10,13-14,16H2,1H3. The van der Waals surface area contributed by atoms with E-state index in [0.29, 0.717) is 24.6 Å². The van der Waals surface area contributed by atoms with E-state index in [1.54, 1.807) is 30.3 Å². The number of amides is 1. The van der Waals surface area contributed by atoms with E-state index >= 15 is 0 Å². The van der Waals surface area contributed by atoms with E-state index in [2.05, 4.69) is 4.98 Å². The minimum atomic E-state index is -0.487. The van der Waals surface area contributed by atoms with Crippen LogP contribution in [0, 0.1) is 5.82 Å². The summed E-state index contributed by atoms with van der Waals surface area (Å²) in [6.45, 7) is 0.362. The van der Waals surface area contributed by atoms with Gasteiger partial charge in [0.05, 0.1) is 13.3 Å². The summed E-state index contributed by atoms with van der Waals surface area (Å²) in [6.07, 6.45) is 4.90. The van der Waals surface area contributed by atoms with Crippen LogP contribution in [0.2, 0.25) is 0 Å². The normalized spacial score (nSPS) is 16.2. The molecule has 1 amide bonds. The van der Waals surface area contributed by atoms with Crippen molar-refractivity contribution in [3.63, 3.8) is 0 Å². The third kappa shape index (κ3) is 4.87. The van der Waals surface area contributed by atoms with Gasteiger partial charge in [-0.15, -0.1) is 0 Å². The lowest BCUT2D eigenvalue weighted by Gasteiger charge is -2.33. The first-order valence-electron chi connectivity index (χ1n) is 10.4. The lowest BCUT2D eigenvalue weighted by molar-refractivity contribution is -0.137. The average Bonchev–Trinajstić information content (AvgIpc) is 3.27. The van der Waals surface area contributed by atoms with Crippen LogP contribution in [0.5, 0.6) is 11.5 Å². The highest BCUT2D eigenvalue weighted by molar-refractivity contribution is 5.78. The Labute approximate surface area is 180 Å². The molecule has 1 aliphatic heterocycles. The Morgan fingerprint density at radius 2 is 1.94 bits per heavy atom. The predicted octanol–water partition coefficient (Wildman–Crippen LogP) is 4.55. The van der Waals surface area contributed by atoms with Crippen molar-refractivity contribution in [2.24, 2.45) is 0 Å². The first kappa shape index (κ1) is 20.9. The van der Waals surface area contributed by atoms with Crippen molar-refractivity contribution in [1.29, 1.82) is 0 Å². The number of likely N-dealkylation sites (tertiary alicyclic amines) is 1. The Morgan fingerprint density at radius 1 is 1.16 bits per heavy atom. The van der Waals surface area contributed by atoms with Gasteiger partial charge in [0.1, 0.15) is 17.6 Å². The molecule has 0 radical (unpaired) electrons. The van der Waals surface area contributed by atoms with Crippen molar-refractivity contribution in [3.05, 3.63) is 77.8 Å². The minimum absolute atomic E-state index is 0.0691. The number of benzene rings is 2. The molecule has 1 aromatic heterocycles. The van der Waals surface area contributed by atoms with Gasteiger partial charge in [0.15, 0.2) is 18.2 Å². The van der Waals surface area contributed by atoms with E-state index < -0.39 is 5.82 Å². The van der Waals surface area contributed by atoms with Crippen LogP contribution < -0.4 is 9.47 Å². The lowest BCUT2D eigenvalue weighted by Crippen LogP contribution is -2.41. The van der Waals surface area contributed by atoms with Gasteiger partial charge < -0.3 is 18.8 Å². The first-order valence-corrected chi connectivity index (χ1v) is 10.4. The van der Waals surface area contributed by atoms with Crippen LogP contribution in [-0.4, -0.2) is 36.1 Å². The lowest BCUT2D eigenvalue weighted by atomic mass is 10.0. The van der Waals surface area contributed by atoms with Crippen LogP contribution in [0.4, 0.5) is 4.39 Å². The van der Waals surface area contributed by atoms with Crippen LogP contribution in [-0.2, 0) is 11.2 Å². The fraction of sp³-hybridized carbons (Fsp3) is 0.333. The molecule has 6 nitrogen and oxygen atoms in total. The topological polar surface area (TPSA) is 64.8 Å². The maximum Gasteiger partial charge on any atom is 0.261 e. The van der Waals surface area contributed by atoms with Gasteiger partial charge in [-0.05, 0) is 37.5 Å². The average molecular weight is 424 g/mol. The van der Waals surface area contributed by atoms with Crippen LogP contribution >= 0.6 is 0 Å². The van der Waals surface area contributed by atoms with Crippen molar-refractivity contribution >= 4 is 5.91 Å². The van der Waals surface area contributed by atoms with Crippen molar-refractivity contribution in [2.75, 3.05) is 20.3 Å². The molecule has 0 N–H and O–H groups in total. The largest absolute Gasteiger partial charge is 0.496 e. The van der Waals surface area contributed by atoms with Crippen LogP contribution in [0.1, 0.15) is 42.5 Å². The zero-order chi connectivity index (χ0) is 21.6. The van der Waals surface area contributed by atoms with Gasteiger partial charge in [0.2, 0.25) is 5.89 Å². The van der Waals surface area contributed by atoms with Crippen molar-refractivity contribution in [3.8, 4) is 11.5 Å². The number of nitrogens with zero attached hydrogens (tertiary/aromatic N) is 2. The van der Waals surface area contributed by atoms with E-state index in [1.807, 2.05) is 24.3 Å². The highest BCUT2D eigenvalue weighted by atomic mass is 19.1. The molecule has 0 aliphatic carbocycles. The zero-order valence-corrected chi connectivity index (χ0v) is 17.4. The number of carbonyl (C=O) groups excluding carboxylic acids is 1. The molecule has 1 aliphatic rings. The molecule has 162 valence electrons. The molecule has 2 heterocycles. The summed E-state index contributed by atoms with van der Waals surface area (Å²) in [5.74, 6) is 1.39. The van der Waals surface area contributed by atoms with Gasteiger partial charge in [0, 0.05) is 18.5 Å². The molecule has 1 fully saturated rings. The summed E-state index contributed by atoms with van der Waals surface area (Å²) < 4.78 is 30.6. The second-order valence-corrected chi connectivity index (χ2v) is 7.47. The zero-order valence-electron chi connectivity index (χ0n) is 17.4. The fourth-order valence-electron chi connectivity index (χ4n) is 3.87. The van der Waals surface area contributed by atoms with Gasteiger partial charge in [-0.3, -0.25) is 4.79 Å². The van der Waals surface area contributed by atoms with E-state index in [0.717, 1.165) is 30.6 Å². The van der Waals surface area contributed by atoms with E-state index in [-0.39, 0.29) is 24.3 Å². The Bertz CT molecular complexity index is 1040. The number of hydrogen-bond donors (Lipinski definition) is 0. The number of rotatable bonds is 7. The summed E-state index contributed by atoms with van der Waals surface area (Å²) in [7, 11) is 1.64. The Hall–Kier alpha value is -3.35. The molecule has 0 saturated carbocycles. The highest BCUT2D eigenvalue weighted by Gasteiger charge is 2.31. The number of halogens is 1.